The fraction of sp³-hybridized carbons (Fsp3) is 0.111. The van der Waals surface area contributed by atoms with E-state index in [0.717, 1.165) is 11.7 Å². The molecular weight excluding hydrogens is 266 g/mol. The third-order valence-electron chi connectivity index (χ3n) is 2.01. The molecule has 0 fully saturated rings. The second-order valence-electron chi connectivity index (χ2n) is 3.14. The molecule has 1 aromatic carbocycles. The topological polar surface area (TPSA) is 78.2 Å². The Balaban J connectivity index is 2.45. The monoisotopic (exact) mass is 271 g/mol. The molecule has 1 aromatic heterocycles. The van der Waals surface area contributed by atoms with Crippen molar-refractivity contribution >= 4 is 29.0 Å². The number of aryl methyl sites for hydroxylation is 1. The number of ether oxygens (including phenoxy) is 1. The van der Waals surface area contributed by atoms with Crippen LogP contribution in [0, 0.1) is 17.0 Å². The van der Waals surface area contributed by atoms with E-state index in [1.54, 1.807) is 19.1 Å². The second kappa shape index (κ2) is 4.64. The maximum atomic E-state index is 10.8. The second-order valence-corrected chi connectivity index (χ2v) is 4.03. The number of nitrogens with zero attached hydrogens (tertiary/aromatic N) is 3. The fourth-order valence-corrected chi connectivity index (χ4v) is 1.85. The maximum Gasteiger partial charge on any atom is 0.311 e. The van der Waals surface area contributed by atoms with Gasteiger partial charge in [-0.2, -0.15) is 4.37 Å². The molecule has 0 unspecified atom stereocenters. The molecule has 0 saturated carbocycles. The van der Waals surface area contributed by atoms with E-state index in [-0.39, 0.29) is 22.5 Å². The van der Waals surface area contributed by atoms with Crippen molar-refractivity contribution in [2.75, 3.05) is 0 Å². The van der Waals surface area contributed by atoms with Gasteiger partial charge in [0.15, 0.2) is 0 Å². The highest BCUT2D eigenvalue weighted by atomic mass is 35.5. The number of halogens is 1. The van der Waals surface area contributed by atoms with Gasteiger partial charge in [-0.3, -0.25) is 10.1 Å². The molecule has 88 valence electrons. The lowest BCUT2D eigenvalue weighted by Gasteiger charge is -2.06. The van der Waals surface area contributed by atoms with Crippen molar-refractivity contribution in [3.8, 4) is 11.6 Å². The number of nitro groups is 1. The number of nitro benzene ring substituents is 1. The van der Waals surface area contributed by atoms with Gasteiger partial charge in [-0.15, -0.1) is 4.37 Å². The van der Waals surface area contributed by atoms with E-state index in [1.807, 2.05) is 0 Å². The number of hydrogen-bond acceptors (Lipinski definition) is 6. The molecule has 0 aliphatic heterocycles. The predicted molar refractivity (Wildman–Crippen MR) is 62.8 cm³/mol. The molecule has 0 aliphatic rings. The van der Waals surface area contributed by atoms with Crippen LogP contribution in [0.25, 0.3) is 0 Å². The Kier molecular flexibility index (Phi) is 3.21. The van der Waals surface area contributed by atoms with Crippen molar-refractivity contribution in [2.45, 2.75) is 6.92 Å². The van der Waals surface area contributed by atoms with Gasteiger partial charge >= 0.3 is 5.69 Å². The standard InChI is InChI=1S/C9H6ClN3O3S/c1-5-3-2-4-6(13(14)15)7(5)16-9-8(10)11-17-12-9/h2-4H,1H3. The van der Waals surface area contributed by atoms with E-state index in [9.17, 15) is 10.1 Å². The lowest BCUT2D eigenvalue weighted by Crippen LogP contribution is -1.95. The van der Waals surface area contributed by atoms with Crippen LogP contribution in [0.15, 0.2) is 18.2 Å². The van der Waals surface area contributed by atoms with E-state index in [2.05, 4.69) is 8.75 Å². The van der Waals surface area contributed by atoms with Crippen LogP contribution in [-0.4, -0.2) is 13.7 Å². The number of hydrogen-bond donors (Lipinski definition) is 0. The van der Waals surface area contributed by atoms with E-state index in [4.69, 9.17) is 16.3 Å². The predicted octanol–water partition coefficient (Wildman–Crippen LogP) is 3.20. The number of para-hydroxylation sites is 1. The minimum Gasteiger partial charge on any atom is -0.428 e. The Morgan fingerprint density at radius 3 is 2.82 bits per heavy atom. The van der Waals surface area contributed by atoms with Crippen LogP contribution in [0.4, 0.5) is 5.69 Å². The van der Waals surface area contributed by atoms with Crippen molar-refractivity contribution in [1.29, 1.82) is 0 Å². The van der Waals surface area contributed by atoms with Crippen LogP contribution in [0.1, 0.15) is 5.56 Å². The maximum absolute atomic E-state index is 10.8. The van der Waals surface area contributed by atoms with Gasteiger partial charge in [-0.25, -0.2) is 0 Å². The molecule has 17 heavy (non-hydrogen) atoms. The summed E-state index contributed by atoms with van der Waals surface area (Å²) >= 11 is 6.59. The fourth-order valence-electron chi connectivity index (χ4n) is 1.24. The highest BCUT2D eigenvalue weighted by Gasteiger charge is 2.20. The molecule has 1 heterocycles. The van der Waals surface area contributed by atoms with Crippen LogP contribution in [0.5, 0.6) is 11.6 Å². The van der Waals surface area contributed by atoms with Crippen molar-refractivity contribution in [3.63, 3.8) is 0 Å². The lowest BCUT2D eigenvalue weighted by atomic mass is 10.2. The summed E-state index contributed by atoms with van der Waals surface area (Å²) < 4.78 is 12.9. The van der Waals surface area contributed by atoms with E-state index in [0.29, 0.717) is 5.56 Å². The molecule has 6 nitrogen and oxygen atoms in total. The molecule has 2 aromatic rings. The number of rotatable bonds is 3. The zero-order valence-corrected chi connectivity index (χ0v) is 10.2. The Bertz CT molecular complexity index is 572. The normalized spacial score (nSPS) is 10.2. The average molecular weight is 272 g/mol. The highest BCUT2D eigenvalue weighted by Crippen LogP contribution is 2.35. The lowest BCUT2D eigenvalue weighted by molar-refractivity contribution is -0.385. The van der Waals surface area contributed by atoms with Gasteiger partial charge in [0.2, 0.25) is 10.9 Å². The molecule has 0 amide bonds. The van der Waals surface area contributed by atoms with Crippen molar-refractivity contribution < 1.29 is 9.66 Å². The average Bonchev–Trinajstić information content (AvgIpc) is 2.67. The minimum atomic E-state index is -0.518. The summed E-state index contributed by atoms with van der Waals surface area (Å²) in [6, 6.07) is 4.65. The Hall–Kier alpha value is -1.73. The van der Waals surface area contributed by atoms with E-state index >= 15 is 0 Å². The van der Waals surface area contributed by atoms with Crippen LogP contribution in [0.2, 0.25) is 5.15 Å². The third-order valence-corrected chi connectivity index (χ3v) is 2.87. The Morgan fingerprint density at radius 2 is 2.24 bits per heavy atom. The van der Waals surface area contributed by atoms with E-state index in [1.165, 1.54) is 6.07 Å². The molecule has 0 aliphatic carbocycles. The van der Waals surface area contributed by atoms with Gasteiger partial charge in [-0.05, 0) is 12.5 Å². The molecule has 0 saturated heterocycles. The van der Waals surface area contributed by atoms with Gasteiger partial charge in [-0.1, -0.05) is 23.7 Å². The largest absolute Gasteiger partial charge is 0.428 e. The number of benzene rings is 1. The minimum absolute atomic E-state index is 0.0778. The van der Waals surface area contributed by atoms with Gasteiger partial charge in [0.1, 0.15) is 0 Å². The Morgan fingerprint density at radius 1 is 1.47 bits per heavy atom. The van der Waals surface area contributed by atoms with Crippen LogP contribution in [0.3, 0.4) is 0 Å². The highest BCUT2D eigenvalue weighted by molar-refractivity contribution is 6.99. The first-order chi connectivity index (χ1) is 8.09. The zero-order valence-electron chi connectivity index (χ0n) is 8.58. The van der Waals surface area contributed by atoms with Crippen molar-refractivity contribution in [1.82, 2.24) is 8.75 Å². The van der Waals surface area contributed by atoms with E-state index < -0.39 is 4.92 Å². The summed E-state index contributed by atoms with van der Waals surface area (Å²) in [5, 5.41) is 10.9. The van der Waals surface area contributed by atoms with Crippen LogP contribution >= 0.6 is 23.3 Å². The summed E-state index contributed by atoms with van der Waals surface area (Å²) in [6.45, 7) is 1.70. The summed E-state index contributed by atoms with van der Waals surface area (Å²) in [5.41, 5.74) is 0.498. The first-order valence-electron chi connectivity index (χ1n) is 4.49. The molecule has 0 N–H and O–H groups in total. The quantitative estimate of drug-likeness (QED) is 0.633. The third kappa shape index (κ3) is 2.34. The summed E-state index contributed by atoms with van der Waals surface area (Å²) in [4.78, 5) is 10.3. The van der Waals surface area contributed by atoms with Gasteiger partial charge in [0, 0.05) is 6.07 Å². The molecule has 2 rings (SSSR count). The summed E-state index contributed by atoms with van der Waals surface area (Å²) in [7, 11) is 0. The molecule has 0 radical (unpaired) electrons. The Labute approximate surface area is 105 Å². The van der Waals surface area contributed by atoms with Gasteiger partial charge in [0.25, 0.3) is 5.88 Å². The van der Waals surface area contributed by atoms with Crippen molar-refractivity contribution in [3.05, 3.63) is 39.0 Å². The molecule has 0 atom stereocenters. The van der Waals surface area contributed by atoms with Gasteiger partial charge < -0.3 is 4.74 Å². The molecule has 0 bridgehead atoms. The summed E-state index contributed by atoms with van der Waals surface area (Å²) in [6.07, 6.45) is 0. The summed E-state index contributed by atoms with van der Waals surface area (Å²) in [5.74, 6) is 0.209. The van der Waals surface area contributed by atoms with Crippen LogP contribution < -0.4 is 4.74 Å². The zero-order chi connectivity index (χ0) is 12.4. The van der Waals surface area contributed by atoms with Gasteiger partial charge in [0.05, 0.1) is 16.7 Å². The molecular formula is C9H6ClN3O3S. The SMILES string of the molecule is Cc1cccc([N+](=O)[O-])c1Oc1nsnc1Cl. The van der Waals surface area contributed by atoms with Crippen molar-refractivity contribution in [2.24, 2.45) is 0 Å². The van der Waals surface area contributed by atoms with Crippen LogP contribution in [-0.2, 0) is 0 Å². The first-order valence-corrected chi connectivity index (χ1v) is 5.60. The smallest absolute Gasteiger partial charge is 0.311 e. The molecule has 0 spiro atoms. The molecule has 8 heteroatoms. The number of aromatic nitrogens is 2. The first kappa shape index (κ1) is 11.7.